The second-order valence-corrected chi connectivity index (χ2v) is 5.15. The number of hydrogen-bond acceptors (Lipinski definition) is 4. The number of likely N-dealkylation sites (tertiary alicyclic amines) is 1. The predicted molar refractivity (Wildman–Crippen MR) is 70.2 cm³/mol. The molecule has 0 amide bonds. The predicted octanol–water partition coefficient (Wildman–Crippen LogP) is 0.682. The van der Waals surface area contributed by atoms with Crippen molar-refractivity contribution in [2.24, 2.45) is 11.7 Å². The second-order valence-electron chi connectivity index (χ2n) is 5.15. The van der Waals surface area contributed by atoms with E-state index in [1.807, 2.05) is 22.8 Å². The van der Waals surface area contributed by atoms with E-state index in [-0.39, 0.29) is 0 Å². The van der Waals surface area contributed by atoms with Gasteiger partial charge in [0.05, 0.1) is 0 Å². The average Bonchev–Trinajstić information content (AvgIpc) is 2.94. The number of hydrogen-bond donors (Lipinski definition) is 1. The number of fused-ring (bicyclic) bond motifs is 1. The summed E-state index contributed by atoms with van der Waals surface area (Å²) in [7, 11) is 2.17. The van der Waals surface area contributed by atoms with Crippen molar-refractivity contribution >= 4 is 5.65 Å². The number of rotatable bonds is 3. The van der Waals surface area contributed by atoms with E-state index in [9.17, 15) is 0 Å². The lowest BCUT2D eigenvalue weighted by atomic mass is 10.1. The van der Waals surface area contributed by atoms with Crippen LogP contribution in [0.4, 0.5) is 0 Å². The summed E-state index contributed by atoms with van der Waals surface area (Å²) < 4.78 is 1.84. The minimum atomic E-state index is 0.509. The lowest BCUT2D eigenvalue weighted by Crippen LogP contribution is -2.15. The highest BCUT2D eigenvalue weighted by Gasteiger charge is 2.21. The molecule has 2 aromatic heterocycles. The fraction of sp³-hybridized carbons (Fsp3) is 0.538. The third-order valence-electron chi connectivity index (χ3n) is 3.67. The van der Waals surface area contributed by atoms with Crippen molar-refractivity contribution in [3.05, 3.63) is 29.7 Å². The monoisotopic (exact) mass is 245 g/mol. The molecule has 0 aromatic carbocycles. The Bertz CT molecular complexity index is 547. The molecule has 1 aliphatic rings. The molecule has 1 saturated heterocycles. The Morgan fingerprint density at radius 3 is 3.11 bits per heavy atom. The average molecular weight is 245 g/mol. The quantitative estimate of drug-likeness (QED) is 0.864. The van der Waals surface area contributed by atoms with E-state index < -0.39 is 0 Å². The van der Waals surface area contributed by atoms with Crippen LogP contribution in [0.2, 0.25) is 0 Å². The van der Waals surface area contributed by atoms with Crippen LogP contribution in [0.25, 0.3) is 5.65 Å². The molecule has 1 atom stereocenters. The Balaban J connectivity index is 1.85. The van der Waals surface area contributed by atoms with E-state index in [2.05, 4.69) is 22.0 Å². The van der Waals surface area contributed by atoms with Gasteiger partial charge in [-0.2, -0.15) is 5.10 Å². The van der Waals surface area contributed by atoms with Gasteiger partial charge in [-0.1, -0.05) is 6.07 Å². The maximum absolute atomic E-state index is 5.72. The van der Waals surface area contributed by atoms with Gasteiger partial charge in [0.1, 0.15) is 0 Å². The molecule has 0 spiro atoms. The number of nitrogens with zero attached hydrogens (tertiary/aromatic N) is 4. The van der Waals surface area contributed by atoms with Gasteiger partial charge >= 0.3 is 0 Å². The van der Waals surface area contributed by atoms with Crippen LogP contribution in [0.1, 0.15) is 17.8 Å². The number of nitrogens with two attached hydrogens (primary N) is 1. The first-order valence-corrected chi connectivity index (χ1v) is 6.48. The summed E-state index contributed by atoms with van der Waals surface area (Å²) in [6, 6.07) is 3.98. The van der Waals surface area contributed by atoms with E-state index in [0.717, 1.165) is 30.0 Å². The fourth-order valence-corrected chi connectivity index (χ4v) is 2.70. The van der Waals surface area contributed by atoms with E-state index in [1.165, 1.54) is 13.0 Å². The SMILES string of the molecule is CN1CCC(Cc2nc3c(CN)cccn3n2)C1. The van der Waals surface area contributed by atoms with Gasteiger partial charge in [-0.3, -0.25) is 0 Å². The maximum atomic E-state index is 5.72. The van der Waals surface area contributed by atoms with E-state index in [4.69, 9.17) is 5.73 Å². The molecular weight excluding hydrogens is 226 g/mol. The lowest BCUT2D eigenvalue weighted by Gasteiger charge is -2.07. The summed E-state index contributed by atoms with van der Waals surface area (Å²) in [5.74, 6) is 1.63. The lowest BCUT2D eigenvalue weighted by molar-refractivity contribution is 0.392. The summed E-state index contributed by atoms with van der Waals surface area (Å²) in [4.78, 5) is 6.99. The maximum Gasteiger partial charge on any atom is 0.160 e. The Morgan fingerprint density at radius 2 is 2.39 bits per heavy atom. The van der Waals surface area contributed by atoms with Crippen LogP contribution < -0.4 is 5.73 Å². The van der Waals surface area contributed by atoms with Crippen molar-refractivity contribution in [2.75, 3.05) is 20.1 Å². The van der Waals surface area contributed by atoms with Gasteiger partial charge in [0.2, 0.25) is 0 Å². The van der Waals surface area contributed by atoms with Gasteiger partial charge in [0.25, 0.3) is 0 Å². The Morgan fingerprint density at radius 1 is 1.50 bits per heavy atom. The van der Waals surface area contributed by atoms with Gasteiger partial charge < -0.3 is 10.6 Å². The number of pyridine rings is 1. The minimum absolute atomic E-state index is 0.509. The van der Waals surface area contributed by atoms with Crippen LogP contribution in [-0.4, -0.2) is 39.6 Å². The van der Waals surface area contributed by atoms with Crippen LogP contribution in [0.5, 0.6) is 0 Å². The van der Waals surface area contributed by atoms with Gasteiger partial charge in [0.15, 0.2) is 11.5 Å². The molecule has 5 nitrogen and oxygen atoms in total. The zero-order valence-corrected chi connectivity index (χ0v) is 10.7. The zero-order valence-electron chi connectivity index (χ0n) is 10.7. The molecule has 0 saturated carbocycles. The molecule has 1 fully saturated rings. The van der Waals surface area contributed by atoms with Crippen LogP contribution in [0, 0.1) is 5.92 Å². The highest BCUT2D eigenvalue weighted by molar-refractivity contribution is 5.46. The van der Waals surface area contributed by atoms with E-state index in [1.54, 1.807) is 0 Å². The third kappa shape index (κ3) is 2.11. The number of aromatic nitrogens is 3. The molecule has 0 aliphatic carbocycles. The summed E-state index contributed by atoms with van der Waals surface area (Å²) >= 11 is 0. The van der Waals surface area contributed by atoms with Crippen molar-refractivity contribution < 1.29 is 0 Å². The molecule has 0 radical (unpaired) electrons. The first-order chi connectivity index (χ1) is 8.76. The van der Waals surface area contributed by atoms with Crippen molar-refractivity contribution in [3.8, 4) is 0 Å². The van der Waals surface area contributed by atoms with Gasteiger partial charge in [0, 0.05) is 31.3 Å². The summed E-state index contributed by atoms with van der Waals surface area (Å²) in [5.41, 5.74) is 7.68. The molecule has 1 aliphatic heterocycles. The summed E-state index contributed by atoms with van der Waals surface area (Å²) in [6.07, 6.45) is 4.15. The Labute approximate surface area is 107 Å². The minimum Gasteiger partial charge on any atom is -0.326 e. The Hall–Kier alpha value is -1.46. The van der Waals surface area contributed by atoms with Crippen LogP contribution in [-0.2, 0) is 13.0 Å². The molecular formula is C13H19N5. The van der Waals surface area contributed by atoms with Crippen LogP contribution >= 0.6 is 0 Å². The van der Waals surface area contributed by atoms with E-state index >= 15 is 0 Å². The zero-order chi connectivity index (χ0) is 12.5. The smallest absolute Gasteiger partial charge is 0.160 e. The van der Waals surface area contributed by atoms with Crippen molar-refractivity contribution in [3.63, 3.8) is 0 Å². The first-order valence-electron chi connectivity index (χ1n) is 6.48. The van der Waals surface area contributed by atoms with Crippen molar-refractivity contribution in [2.45, 2.75) is 19.4 Å². The third-order valence-corrected chi connectivity index (χ3v) is 3.67. The molecule has 2 N–H and O–H groups in total. The van der Waals surface area contributed by atoms with Crippen LogP contribution in [0.3, 0.4) is 0 Å². The fourth-order valence-electron chi connectivity index (χ4n) is 2.70. The molecule has 1 unspecified atom stereocenters. The molecule has 0 bridgehead atoms. The van der Waals surface area contributed by atoms with Crippen molar-refractivity contribution in [1.29, 1.82) is 0 Å². The summed E-state index contributed by atoms with van der Waals surface area (Å²) in [5, 5.41) is 4.54. The standard InChI is InChI=1S/C13H19N5/c1-17-6-4-10(9-17)7-12-15-13-11(8-14)3-2-5-18(13)16-12/h2-3,5,10H,4,6-9,14H2,1H3. The topological polar surface area (TPSA) is 59.5 Å². The summed E-state index contributed by atoms with van der Waals surface area (Å²) in [6.45, 7) is 2.85. The van der Waals surface area contributed by atoms with Crippen LogP contribution in [0.15, 0.2) is 18.3 Å². The molecule has 18 heavy (non-hydrogen) atoms. The van der Waals surface area contributed by atoms with Crippen molar-refractivity contribution in [1.82, 2.24) is 19.5 Å². The van der Waals surface area contributed by atoms with E-state index in [0.29, 0.717) is 12.5 Å². The van der Waals surface area contributed by atoms with Gasteiger partial charge in [-0.25, -0.2) is 9.50 Å². The highest BCUT2D eigenvalue weighted by Crippen LogP contribution is 2.18. The normalized spacial score (nSPS) is 20.9. The first kappa shape index (κ1) is 11.6. The van der Waals surface area contributed by atoms with Gasteiger partial charge in [-0.15, -0.1) is 0 Å². The molecule has 2 aromatic rings. The molecule has 3 rings (SSSR count). The molecule has 3 heterocycles. The largest absolute Gasteiger partial charge is 0.326 e. The highest BCUT2D eigenvalue weighted by atomic mass is 15.3. The van der Waals surface area contributed by atoms with Gasteiger partial charge in [-0.05, 0) is 32.0 Å². The molecule has 96 valence electrons. The molecule has 5 heteroatoms. The Kier molecular flexibility index (Phi) is 3.01. The second kappa shape index (κ2) is 4.66.